The molecule has 1 N–H and O–H groups in total. The lowest BCUT2D eigenvalue weighted by molar-refractivity contribution is 0.102. The van der Waals surface area contributed by atoms with Crippen molar-refractivity contribution in [2.24, 2.45) is 0 Å². The van der Waals surface area contributed by atoms with Crippen molar-refractivity contribution in [2.45, 2.75) is 6.92 Å². The molecule has 0 saturated heterocycles. The smallest absolute Gasteiger partial charge is 0.177 e. The number of rotatable bonds is 2. The Balaban J connectivity index is 3.38. The Morgan fingerprint density at radius 2 is 2.29 bits per heavy atom. The molecule has 0 saturated carbocycles. The van der Waals surface area contributed by atoms with Crippen molar-refractivity contribution in [1.82, 2.24) is 0 Å². The molecule has 0 atom stereocenters. The molecule has 0 amide bonds. The molecule has 1 aromatic carbocycles. The van der Waals surface area contributed by atoms with E-state index in [9.17, 15) is 9.90 Å². The molecule has 14 heavy (non-hydrogen) atoms. The van der Waals surface area contributed by atoms with E-state index in [4.69, 9.17) is 5.26 Å². The van der Waals surface area contributed by atoms with Gasteiger partial charge in [0.15, 0.2) is 5.78 Å². The lowest BCUT2D eigenvalue weighted by Crippen LogP contribution is -2.02. The van der Waals surface area contributed by atoms with Gasteiger partial charge in [0.2, 0.25) is 0 Å². The molecule has 3 nitrogen and oxygen atoms in total. The normalized spacial score (nSPS) is 9.50. The minimum absolute atomic E-state index is 0.134. The summed E-state index contributed by atoms with van der Waals surface area (Å²) < 4.78 is 0. The van der Waals surface area contributed by atoms with Gasteiger partial charge in [-0.25, -0.2) is 0 Å². The average molecular weight is 254 g/mol. The Labute approximate surface area is 90.1 Å². The number of ketones is 1. The van der Waals surface area contributed by atoms with Gasteiger partial charge in [0.25, 0.3) is 0 Å². The number of hydrogen-bond acceptors (Lipinski definition) is 3. The number of nitrogens with zero attached hydrogens (tertiary/aromatic N) is 1. The Morgan fingerprint density at radius 1 is 1.64 bits per heavy atom. The number of halogens is 1. The van der Waals surface area contributed by atoms with Gasteiger partial charge in [-0.15, -0.1) is 0 Å². The number of carbonyl (C=O) groups excluding carboxylic acids is 1. The number of Topliss-reactive ketones (excluding diaryl/α,β-unsaturated/α-hetero) is 1. The van der Waals surface area contributed by atoms with Gasteiger partial charge in [-0.2, -0.15) is 5.26 Å². The van der Waals surface area contributed by atoms with Crippen LogP contribution in [0.1, 0.15) is 21.5 Å². The number of carbonyl (C=O) groups is 1. The molecule has 0 aliphatic carbocycles. The topological polar surface area (TPSA) is 61.1 Å². The van der Waals surface area contributed by atoms with Crippen LogP contribution in [0.3, 0.4) is 0 Å². The first-order valence-electron chi connectivity index (χ1n) is 3.93. The van der Waals surface area contributed by atoms with E-state index in [-0.39, 0.29) is 28.0 Å². The molecule has 0 aliphatic rings. The first kappa shape index (κ1) is 10.7. The van der Waals surface area contributed by atoms with Crippen LogP contribution >= 0.6 is 15.9 Å². The Hall–Kier alpha value is -1.34. The summed E-state index contributed by atoms with van der Waals surface area (Å²) in [6, 6.07) is 4.95. The Bertz CT molecular complexity index is 421. The third-order valence-corrected chi connectivity index (χ3v) is 2.31. The molecule has 4 heteroatoms. The summed E-state index contributed by atoms with van der Waals surface area (Å²) in [4.78, 5) is 11.3. The first-order chi connectivity index (χ1) is 6.60. The van der Waals surface area contributed by atoms with Crippen molar-refractivity contribution in [2.75, 3.05) is 5.33 Å². The number of phenols is 1. The minimum Gasteiger partial charge on any atom is -0.506 e. The van der Waals surface area contributed by atoms with Crippen LogP contribution in [0, 0.1) is 18.3 Å². The quantitative estimate of drug-likeness (QED) is 0.649. The molecular weight excluding hydrogens is 246 g/mol. The maximum absolute atomic E-state index is 11.3. The van der Waals surface area contributed by atoms with Crippen LogP contribution in [0.4, 0.5) is 0 Å². The van der Waals surface area contributed by atoms with Crippen molar-refractivity contribution >= 4 is 21.7 Å². The summed E-state index contributed by atoms with van der Waals surface area (Å²) in [6.07, 6.45) is 0. The Morgan fingerprint density at radius 3 is 2.79 bits per heavy atom. The summed E-state index contributed by atoms with van der Waals surface area (Å²) in [5.74, 6) is -0.467. The van der Waals surface area contributed by atoms with Crippen LogP contribution in [-0.2, 0) is 0 Å². The van der Waals surface area contributed by atoms with E-state index in [1.54, 1.807) is 19.1 Å². The highest BCUT2D eigenvalue weighted by molar-refractivity contribution is 9.09. The summed E-state index contributed by atoms with van der Waals surface area (Å²) >= 11 is 3.01. The number of alkyl halides is 1. The first-order valence-corrected chi connectivity index (χ1v) is 5.05. The second-order valence-electron chi connectivity index (χ2n) is 2.88. The van der Waals surface area contributed by atoms with E-state index in [0.717, 1.165) is 5.56 Å². The summed E-state index contributed by atoms with van der Waals surface area (Å²) in [5.41, 5.74) is 1.11. The van der Waals surface area contributed by atoms with E-state index in [1.807, 2.05) is 6.07 Å². The van der Waals surface area contributed by atoms with Crippen LogP contribution < -0.4 is 0 Å². The number of nitriles is 1. The lowest BCUT2D eigenvalue weighted by atomic mass is 10.0. The molecule has 0 radical (unpaired) electrons. The standard InChI is InChI=1S/C10H8BrNO2/c1-6-2-7(5-12)10(14)8(3-6)9(13)4-11/h2-3,14H,4H2,1H3. The van der Waals surface area contributed by atoms with E-state index >= 15 is 0 Å². The second-order valence-corrected chi connectivity index (χ2v) is 3.44. The van der Waals surface area contributed by atoms with Gasteiger partial charge in [0.05, 0.1) is 16.5 Å². The monoisotopic (exact) mass is 253 g/mol. The van der Waals surface area contributed by atoms with Gasteiger partial charge in [0, 0.05) is 0 Å². The maximum atomic E-state index is 11.3. The summed E-state index contributed by atoms with van der Waals surface area (Å²) in [5, 5.41) is 18.4. The number of aryl methyl sites for hydroxylation is 1. The number of aromatic hydroxyl groups is 1. The molecule has 0 fully saturated rings. The van der Waals surface area contributed by atoms with Gasteiger partial charge < -0.3 is 5.11 Å². The van der Waals surface area contributed by atoms with Gasteiger partial charge in [-0.1, -0.05) is 15.9 Å². The van der Waals surface area contributed by atoms with Gasteiger partial charge in [-0.3, -0.25) is 4.79 Å². The molecule has 0 aliphatic heterocycles. The van der Waals surface area contributed by atoms with Crippen molar-refractivity contribution in [3.8, 4) is 11.8 Å². The van der Waals surface area contributed by atoms with Gasteiger partial charge in [0.1, 0.15) is 11.8 Å². The lowest BCUT2D eigenvalue weighted by Gasteiger charge is -2.04. The highest BCUT2D eigenvalue weighted by Gasteiger charge is 2.13. The van der Waals surface area contributed by atoms with Gasteiger partial charge in [-0.05, 0) is 24.6 Å². The van der Waals surface area contributed by atoms with Crippen molar-refractivity contribution < 1.29 is 9.90 Å². The maximum Gasteiger partial charge on any atom is 0.177 e. The molecule has 0 bridgehead atoms. The average Bonchev–Trinajstić information content (AvgIpc) is 2.19. The summed E-state index contributed by atoms with van der Waals surface area (Å²) in [6.45, 7) is 1.77. The van der Waals surface area contributed by atoms with Crippen LogP contribution in [0.25, 0.3) is 0 Å². The Kier molecular flexibility index (Phi) is 3.26. The fraction of sp³-hybridized carbons (Fsp3) is 0.200. The second kappa shape index (κ2) is 4.25. The molecule has 0 heterocycles. The molecule has 1 rings (SSSR count). The van der Waals surface area contributed by atoms with E-state index in [2.05, 4.69) is 15.9 Å². The predicted molar refractivity (Wildman–Crippen MR) is 55.7 cm³/mol. The molecule has 0 aromatic heterocycles. The highest BCUT2D eigenvalue weighted by Crippen LogP contribution is 2.24. The predicted octanol–water partition coefficient (Wildman–Crippen LogP) is 2.15. The van der Waals surface area contributed by atoms with Crippen LogP contribution in [0.2, 0.25) is 0 Å². The largest absolute Gasteiger partial charge is 0.506 e. The van der Waals surface area contributed by atoms with Crippen molar-refractivity contribution in [3.05, 3.63) is 28.8 Å². The van der Waals surface area contributed by atoms with E-state index < -0.39 is 0 Å². The molecular formula is C10H8BrNO2. The highest BCUT2D eigenvalue weighted by atomic mass is 79.9. The third-order valence-electron chi connectivity index (χ3n) is 1.80. The van der Waals surface area contributed by atoms with Gasteiger partial charge >= 0.3 is 0 Å². The van der Waals surface area contributed by atoms with Crippen molar-refractivity contribution in [1.29, 1.82) is 5.26 Å². The van der Waals surface area contributed by atoms with Crippen molar-refractivity contribution in [3.63, 3.8) is 0 Å². The fourth-order valence-corrected chi connectivity index (χ4v) is 1.45. The molecule has 0 spiro atoms. The van der Waals surface area contributed by atoms with Crippen LogP contribution in [0.15, 0.2) is 12.1 Å². The van der Waals surface area contributed by atoms with E-state index in [1.165, 1.54) is 0 Å². The summed E-state index contributed by atoms with van der Waals surface area (Å²) in [7, 11) is 0. The van der Waals surface area contributed by atoms with Crippen LogP contribution in [0.5, 0.6) is 5.75 Å². The zero-order chi connectivity index (χ0) is 10.7. The number of benzene rings is 1. The zero-order valence-corrected chi connectivity index (χ0v) is 9.13. The number of hydrogen-bond donors (Lipinski definition) is 1. The minimum atomic E-state index is -0.234. The fourth-order valence-electron chi connectivity index (χ4n) is 1.15. The molecule has 1 aromatic rings. The van der Waals surface area contributed by atoms with Crippen LogP contribution in [-0.4, -0.2) is 16.2 Å². The SMILES string of the molecule is Cc1cc(C#N)c(O)c(C(=O)CBr)c1. The third kappa shape index (κ3) is 1.94. The molecule has 0 unspecified atom stereocenters. The zero-order valence-electron chi connectivity index (χ0n) is 7.54. The number of phenolic OH excluding ortho intramolecular Hbond substituents is 1. The van der Waals surface area contributed by atoms with E-state index in [0.29, 0.717) is 0 Å². The molecule has 72 valence electrons.